The first-order valence-electron chi connectivity index (χ1n) is 5.54. The van der Waals surface area contributed by atoms with Crippen LogP contribution < -0.4 is 0 Å². The van der Waals surface area contributed by atoms with E-state index in [1.165, 1.54) is 32.1 Å². The molecule has 13 heavy (non-hydrogen) atoms. The van der Waals surface area contributed by atoms with Gasteiger partial charge in [0.05, 0.1) is 6.10 Å². The van der Waals surface area contributed by atoms with Gasteiger partial charge in [-0.25, -0.2) is 0 Å². The monoisotopic (exact) mass is 182 g/mol. The highest BCUT2D eigenvalue weighted by Crippen LogP contribution is 2.30. The predicted octanol–water partition coefficient (Wildman–Crippen LogP) is 3.14. The molecule has 0 bridgehead atoms. The minimum Gasteiger partial charge on any atom is -0.393 e. The fourth-order valence-corrected chi connectivity index (χ4v) is 2.34. The van der Waals surface area contributed by atoms with Crippen LogP contribution in [0.1, 0.15) is 45.4 Å². The zero-order valence-electron chi connectivity index (χ0n) is 8.71. The lowest BCUT2D eigenvalue weighted by molar-refractivity contribution is 0.0408. The average Bonchev–Trinajstić information content (AvgIpc) is 2.18. The maximum absolute atomic E-state index is 10.0. The van der Waals surface area contributed by atoms with Gasteiger partial charge in [0.25, 0.3) is 0 Å². The van der Waals surface area contributed by atoms with E-state index in [4.69, 9.17) is 0 Å². The van der Waals surface area contributed by atoms with Gasteiger partial charge in [0.15, 0.2) is 0 Å². The standard InChI is InChI=1S/C12H22O/c1-3-7-10(2)12(13)11-8-5-4-6-9-11/h3,10-13H,1,4-9H2,2H3. The van der Waals surface area contributed by atoms with E-state index in [0.29, 0.717) is 11.8 Å². The second kappa shape index (κ2) is 5.43. The summed E-state index contributed by atoms with van der Waals surface area (Å²) in [6.45, 7) is 5.84. The number of allylic oxidation sites excluding steroid dienone is 1. The van der Waals surface area contributed by atoms with Crippen molar-refractivity contribution in [3.63, 3.8) is 0 Å². The highest BCUT2D eigenvalue weighted by atomic mass is 16.3. The second-order valence-corrected chi connectivity index (χ2v) is 4.39. The first-order valence-corrected chi connectivity index (χ1v) is 5.54. The van der Waals surface area contributed by atoms with Crippen molar-refractivity contribution < 1.29 is 5.11 Å². The van der Waals surface area contributed by atoms with Crippen LogP contribution in [0.5, 0.6) is 0 Å². The van der Waals surface area contributed by atoms with Crippen LogP contribution in [-0.2, 0) is 0 Å². The van der Waals surface area contributed by atoms with Gasteiger partial charge in [-0.15, -0.1) is 6.58 Å². The molecule has 0 aliphatic heterocycles. The number of hydrogen-bond donors (Lipinski definition) is 1. The van der Waals surface area contributed by atoms with Crippen molar-refractivity contribution in [1.29, 1.82) is 0 Å². The van der Waals surface area contributed by atoms with Crippen molar-refractivity contribution in [3.05, 3.63) is 12.7 Å². The van der Waals surface area contributed by atoms with Gasteiger partial charge in [-0.3, -0.25) is 0 Å². The van der Waals surface area contributed by atoms with Crippen LogP contribution in [0.15, 0.2) is 12.7 Å². The quantitative estimate of drug-likeness (QED) is 0.662. The molecule has 1 saturated carbocycles. The van der Waals surface area contributed by atoms with E-state index >= 15 is 0 Å². The maximum atomic E-state index is 10.0. The third-order valence-electron chi connectivity index (χ3n) is 3.25. The first-order chi connectivity index (χ1) is 6.25. The van der Waals surface area contributed by atoms with Crippen LogP contribution in [0.4, 0.5) is 0 Å². The van der Waals surface area contributed by atoms with Crippen LogP contribution in [-0.4, -0.2) is 11.2 Å². The molecule has 0 aromatic rings. The lowest BCUT2D eigenvalue weighted by Gasteiger charge is -2.30. The summed E-state index contributed by atoms with van der Waals surface area (Å²) in [5.74, 6) is 0.948. The van der Waals surface area contributed by atoms with E-state index in [2.05, 4.69) is 13.5 Å². The van der Waals surface area contributed by atoms with E-state index in [9.17, 15) is 5.11 Å². The normalized spacial score (nSPS) is 23.8. The number of aliphatic hydroxyl groups is 1. The predicted molar refractivity (Wildman–Crippen MR) is 56.6 cm³/mol. The Balaban J connectivity index is 2.35. The van der Waals surface area contributed by atoms with E-state index in [0.717, 1.165) is 6.42 Å². The Morgan fingerprint density at radius 3 is 2.54 bits per heavy atom. The van der Waals surface area contributed by atoms with Gasteiger partial charge in [-0.1, -0.05) is 32.3 Å². The Morgan fingerprint density at radius 2 is 2.00 bits per heavy atom. The Hall–Kier alpha value is -0.300. The zero-order chi connectivity index (χ0) is 9.68. The second-order valence-electron chi connectivity index (χ2n) is 4.39. The molecule has 0 heterocycles. The maximum Gasteiger partial charge on any atom is 0.0596 e. The molecule has 0 spiro atoms. The minimum absolute atomic E-state index is 0.0988. The van der Waals surface area contributed by atoms with Gasteiger partial charge in [0.1, 0.15) is 0 Å². The molecule has 2 atom stereocenters. The molecule has 1 heteroatoms. The zero-order valence-corrected chi connectivity index (χ0v) is 8.71. The van der Waals surface area contributed by atoms with Crippen molar-refractivity contribution in [1.82, 2.24) is 0 Å². The Kier molecular flexibility index (Phi) is 4.51. The third-order valence-corrected chi connectivity index (χ3v) is 3.25. The molecule has 1 fully saturated rings. The molecule has 0 radical (unpaired) electrons. The summed E-state index contributed by atoms with van der Waals surface area (Å²) in [5, 5.41) is 10.0. The molecule has 1 aliphatic carbocycles. The highest BCUT2D eigenvalue weighted by molar-refractivity contribution is 4.81. The molecule has 2 unspecified atom stereocenters. The van der Waals surface area contributed by atoms with Crippen LogP contribution in [0.2, 0.25) is 0 Å². The molecule has 76 valence electrons. The first kappa shape index (κ1) is 10.8. The molecular weight excluding hydrogens is 160 g/mol. The lowest BCUT2D eigenvalue weighted by atomic mass is 9.80. The van der Waals surface area contributed by atoms with Crippen LogP contribution in [0.3, 0.4) is 0 Å². The van der Waals surface area contributed by atoms with Gasteiger partial charge >= 0.3 is 0 Å². The topological polar surface area (TPSA) is 20.2 Å². The Labute approximate surface area is 81.9 Å². The van der Waals surface area contributed by atoms with Crippen molar-refractivity contribution in [3.8, 4) is 0 Å². The van der Waals surface area contributed by atoms with Crippen molar-refractivity contribution in [2.45, 2.75) is 51.6 Å². The largest absolute Gasteiger partial charge is 0.393 e. The fraction of sp³-hybridized carbons (Fsp3) is 0.833. The summed E-state index contributed by atoms with van der Waals surface area (Å²) in [6, 6.07) is 0. The molecule has 0 aromatic heterocycles. The number of aliphatic hydroxyl groups excluding tert-OH is 1. The number of hydrogen-bond acceptors (Lipinski definition) is 1. The van der Waals surface area contributed by atoms with Crippen molar-refractivity contribution in [2.24, 2.45) is 11.8 Å². The molecule has 0 saturated heterocycles. The van der Waals surface area contributed by atoms with Crippen molar-refractivity contribution in [2.75, 3.05) is 0 Å². The SMILES string of the molecule is C=CCC(C)C(O)C1CCCCC1. The summed E-state index contributed by atoms with van der Waals surface area (Å²) >= 11 is 0. The molecule has 1 rings (SSSR count). The van der Waals surface area contributed by atoms with Gasteiger partial charge in [-0.05, 0) is 31.1 Å². The van der Waals surface area contributed by atoms with E-state index in [1.54, 1.807) is 0 Å². The van der Waals surface area contributed by atoms with Crippen LogP contribution in [0, 0.1) is 11.8 Å². The fourth-order valence-electron chi connectivity index (χ4n) is 2.34. The van der Waals surface area contributed by atoms with E-state index in [-0.39, 0.29) is 6.10 Å². The van der Waals surface area contributed by atoms with Gasteiger partial charge in [0, 0.05) is 0 Å². The summed E-state index contributed by atoms with van der Waals surface area (Å²) in [4.78, 5) is 0. The Bertz CT molecular complexity index is 147. The third kappa shape index (κ3) is 3.15. The van der Waals surface area contributed by atoms with Gasteiger partial charge in [0.2, 0.25) is 0 Å². The summed E-state index contributed by atoms with van der Waals surface area (Å²) in [7, 11) is 0. The average molecular weight is 182 g/mol. The van der Waals surface area contributed by atoms with Gasteiger partial charge in [-0.2, -0.15) is 0 Å². The van der Waals surface area contributed by atoms with Crippen molar-refractivity contribution >= 4 is 0 Å². The minimum atomic E-state index is -0.0988. The summed E-state index contributed by atoms with van der Waals surface area (Å²) in [6.07, 6.45) is 9.18. The molecule has 1 N–H and O–H groups in total. The smallest absolute Gasteiger partial charge is 0.0596 e. The molecule has 0 amide bonds. The van der Waals surface area contributed by atoms with Crippen LogP contribution in [0.25, 0.3) is 0 Å². The molecule has 1 aliphatic rings. The molecule has 0 aromatic carbocycles. The summed E-state index contributed by atoms with van der Waals surface area (Å²) in [5.41, 5.74) is 0. The number of rotatable bonds is 4. The summed E-state index contributed by atoms with van der Waals surface area (Å²) < 4.78 is 0. The molecular formula is C12H22O. The lowest BCUT2D eigenvalue weighted by Crippen LogP contribution is -2.28. The van der Waals surface area contributed by atoms with Crippen LogP contribution >= 0.6 is 0 Å². The van der Waals surface area contributed by atoms with Gasteiger partial charge < -0.3 is 5.11 Å². The van der Waals surface area contributed by atoms with E-state index < -0.39 is 0 Å². The highest BCUT2D eigenvalue weighted by Gasteiger charge is 2.25. The van der Waals surface area contributed by atoms with E-state index in [1.807, 2.05) is 6.08 Å². The Morgan fingerprint density at radius 1 is 1.38 bits per heavy atom. The molecule has 1 nitrogen and oxygen atoms in total.